The minimum Gasteiger partial charge on any atom is -0.314 e. The molecule has 0 spiro atoms. The maximum Gasteiger partial charge on any atom is 0.0125 e. The van der Waals surface area contributed by atoms with Crippen molar-refractivity contribution >= 4 is 0 Å². The van der Waals surface area contributed by atoms with Crippen molar-refractivity contribution in [3.63, 3.8) is 0 Å². The smallest absolute Gasteiger partial charge is 0.0125 e. The average Bonchev–Trinajstić information content (AvgIpc) is 2.67. The maximum atomic E-state index is 3.42. The van der Waals surface area contributed by atoms with Gasteiger partial charge in [0.05, 0.1) is 0 Å². The number of likely N-dealkylation sites (tertiary alicyclic amines) is 1. The second kappa shape index (κ2) is 5.03. The molecule has 2 saturated heterocycles. The molecule has 1 atom stereocenters. The fourth-order valence-electron chi connectivity index (χ4n) is 2.85. The Balaban J connectivity index is 1.76. The highest BCUT2D eigenvalue weighted by Crippen LogP contribution is 2.24. The number of piperazine rings is 1. The fourth-order valence-corrected chi connectivity index (χ4v) is 2.85. The summed E-state index contributed by atoms with van der Waals surface area (Å²) in [5.41, 5.74) is 0.359. The fraction of sp³-hybridized carbons (Fsp3) is 1.00. The van der Waals surface area contributed by atoms with Crippen LogP contribution in [0.5, 0.6) is 0 Å². The minimum atomic E-state index is 0.359. The molecule has 2 rings (SSSR count). The van der Waals surface area contributed by atoms with Crippen molar-refractivity contribution in [1.82, 2.24) is 15.1 Å². The van der Waals surface area contributed by atoms with E-state index in [0.29, 0.717) is 5.54 Å². The van der Waals surface area contributed by atoms with E-state index in [4.69, 9.17) is 0 Å². The van der Waals surface area contributed by atoms with Crippen LogP contribution in [0, 0.1) is 5.92 Å². The van der Waals surface area contributed by atoms with E-state index >= 15 is 0 Å². The molecule has 0 amide bonds. The molecule has 3 nitrogen and oxygen atoms in total. The highest BCUT2D eigenvalue weighted by Gasteiger charge is 2.31. The lowest BCUT2D eigenvalue weighted by Gasteiger charge is -2.33. The molecule has 2 aliphatic rings. The van der Waals surface area contributed by atoms with Gasteiger partial charge in [-0.25, -0.2) is 0 Å². The Labute approximate surface area is 100 Å². The number of rotatable bonds is 2. The zero-order chi connectivity index (χ0) is 11.6. The Kier molecular flexibility index (Phi) is 3.88. The second-order valence-electron chi connectivity index (χ2n) is 6.32. The lowest BCUT2D eigenvalue weighted by molar-refractivity contribution is 0.154. The summed E-state index contributed by atoms with van der Waals surface area (Å²) >= 11 is 0. The molecular weight excluding hydrogens is 198 g/mol. The van der Waals surface area contributed by atoms with Crippen LogP contribution in [0.15, 0.2) is 0 Å². The molecule has 2 heterocycles. The van der Waals surface area contributed by atoms with Gasteiger partial charge in [-0.2, -0.15) is 0 Å². The molecule has 2 aliphatic heterocycles. The van der Waals surface area contributed by atoms with Gasteiger partial charge in [-0.05, 0) is 39.7 Å². The lowest BCUT2D eigenvalue weighted by Crippen LogP contribution is -2.46. The second-order valence-corrected chi connectivity index (χ2v) is 6.32. The Morgan fingerprint density at radius 1 is 1.12 bits per heavy atom. The molecule has 1 N–H and O–H groups in total. The Hall–Kier alpha value is -0.120. The lowest BCUT2D eigenvalue weighted by atomic mass is 10.1. The first-order valence-electron chi connectivity index (χ1n) is 6.74. The van der Waals surface area contributed by atoms with E-state index in [1.165, 1.54) is 52.2 Å². The van der Waals surface area contributed by atoms with Crippen molar-refractivity contribution in [2.24, 2.45) is 5.92 Å². The summed E-state index contributed by atoms with van der Waals surface area (Å²) < 4.78 is 0. The van der Waals surface area contributed by atoms with Gasteiger partial charge in [0.25, 0.3) is 0 Å². The van der Waals surface area contributed by atoms with Crippen LogP contribution in [-0.2, 0) is 0 Å². The molecule has 0 saturated carbocycles. The van der Waals surface area contributed by atoms with Gasteiger partial charge in [-0.3, -0.25) is 4.90 Å². The summed E-state index contributed by atoms with van der Waals surface area (Å²) in [6.45, 7) is 15.7. The molecule has 94 valence electrons. The van der Waals surface area contributed by atoms with Crippen molar-refractivity contribution in [2.75, 3.05) is 45.8 Å². The van der Waals surface area contributed by atoms with Crippen LogP contribution in [0.3, 0.4) is 0 Å². The summed E-state index contributed by atoms with van der Waals surface area (Å²) in [5.74, 6) is 0.900. The molecule has 2 fully saturated rings. The molecule has 3 heteroatoms. The number of nitrogens with one attached hydrogen (secondary N) is 1. The number of hydrogen-bond donors (Lipinski definition) is 1. The predicted molar refractivity (Wildman–Crippen MR) is 68.7 cm³/mol. The monoisotopic (exact) mass is 225 g/mol. The molecule has 0 aromatic carbocycles. The van der Waals surface area contributed by atoms with E-state index in [1.807, 2.05) is 0 Å². The molecule has 0 aromatic rings. The van der Waals surface area contributed by atoms with Crippen molar-refractivity contribution in [1.29, 1.82) is 0 Å². The van der Waals surface area contributed by atoms with Crippen molar-refractivity contribution in [3.05, 3.63) is 0 Å². The molecule has 0 aliphatic carbocycles. The third-order valence-electron chi connectivity index (χ3n) is 3.96. The Morgan fingerprint density at radius 3 is 2.38 bits per heavy atom. The van der Waals surface area contributed by atoms with Gasteiger partial charge in [-0.1, -0.05) is 0 Å². The van der Waals surface area contributed by atoms with Crippen LogP contribution in [0.4, 0.5) is 0 Å². The minimum absolute atomic E-state index is 0.359. The van der Waals surface area contributed by atoms with Crippen LogP contribution in [0.1, 0.15) is 27.2 Å². The first-order chi connectivity index (χ1) is 7.55. The first-order valence-corrected chi connectivity index (χ1v) is 6.74. The zero-order valence-electron chi connectivity index (χ0n) is 11.1. The highest BCUT2D eigenvalue weighted by atomic mass is 15.2. The summed E-state index contributed by atoms with van der Waals surface area (Å²) in [6, 6.07) is 0. The quantitative estimate of drug-likeness (QED) is 0.757. The topological polar surface area (TPSA) is 18.5 Å². The van der Waals surface area contributed by atoms with E-state index in [-0.39, 0.29) is 0 Å². The summed E-state index contributed by atoms with van der Waals surface area (Å²) in [7, 11) is 0. The normalized spacial score (nSPS) is 29.8. The Morgan fingerprint density at radius 2 is 1.81 bits per heavy atom. The summed E-state index contributed by atoms with van der Waals surface area (Å²) in [6.07, 6.45) is 1.39. The molecule has 16 heavy (non-hydrogen) atoms. The van der Waals surface area contributed by atoms with Gasteiger partial charge in [0.1, 0.15) is 0 Å². The standard InChI is InChI=1S/C13H27N3/c1-13(2,3)16-7-4-12(11-16)10-15-8-5-14-6-9-15/h12,14H,4-11H2,1-3H3/t12-/m1/s1. The van der Waals surface area contributed by atoms with Crippen molar-refractivity contribution in [2.45, 2.75) is 32.7 Å². The van der Waals surface area contributed by atoms with Crippen LogP contribution >= 0.6 is 0 Å². The van der Waals surface area contributed by atoms with Crippen LogP contribution in [-0.4, -0.2) is 61.2 Å². The molecule has 0 bridgehead atoms. The molecule has 0 unspecified atom stereocenters. The van der Waals surface area contributed by atoms with Gasteiger partial charge in [0, 0.05) is 44.8 Å². The van der Waals surface area contributed by atoms with Gasteiger partial charge < -0.3 is 10.2 Å². The van der Waals surface area contributed by atoms with E-state index in [2.05, 4.69) is 35.9 Å². The number of nitrogens with zero attached hydrogens (tertiary/aromatic N) is 2. The molecular formula is C13H27N3. The summed E-state index contributed by atoms with van der Waals surface area (Å²) in [4.78, 5) is 5.27. The molecule has 0 aromatic heterocycles. The van der Waals surface area contributed by atoms with Gasteiger partial charge >= 0.3 is 0 Å². The third kappa shape index (κ3) is 3.19. The largest absolute Gasteiger partial charge is 0.314 e. The van der Waals surface area contributed by atoms with Crippen molar-refractivity contribution in [3.8, 4) is 0 Å². The van der Waals surface area contributed by atoms with Crippen LogP contribution in [0.2, 0.25) is 0 Å². The first kappa shape index (κ1) is 12.3. The Bertz CT molecular complexity index is 216. The maximum absolute atomic E-state index is 3.42. The van der Waals surface area contributed by atoms with Gasteiger partial charge in [0.2, 0.25) is 0 Å². The van der Waals surface area contributed by atoms with Crippen molar-refractivity contribution < 1.29 is 0 Å². The van der Waals surface area contributed by atoms with E-state index in [1.54, 1.807) is 0 Å². The van der Waals surface area contributed by atoms with E-state index in [0.717, 1.165) is 5.92 Å². The van der Waals surface area contributed by atoms with Gasteiger partial charge in [-0.15, -0.1) is 0 Å². The van der Waals surface area contributed by atoms with E-state index in [9.17, 15) is 0 Å². The molecule has 0 radical (unpaired) electrons. The van der Waals surface area contributed by atoms with E-state index < -0.39 is 0 Å². The van der Waals surface area contributed by atoms with Crippen LogP contribution in [0.25, 0.3) is 0 Å². The van der Waals surface area contributed by atoms with Gasteiger partial charge in [0.15, 0.2) is 0 Å². The van der Waals surface area contributed by atoms with Crippen LogP contribution < -0.4 is 5.32 Å². The third-order valence-corrected chi connectivity index (χ3v) is 3.96. The predicted octanol–water partition coefficient (Wildman–Crippen LogP) is 1.01. The zero-order valence-corrected chi connectivity index (χ0v) is 11.1. The summed E-state index contributed by atoms with van der Waals surface area (Å²) in [5, 5.41) is 3.42. The SMILES string of the molecule is CC(C)(C)N1CC[C@H](CN2CCNCC2)C1. The number of hydrogen-bond acceptors (Lipinski definition) is 3. The highest BCUT2D eigenvalue weighted by molar-refractivity contribution is 4.86. The average molecular weight is 225 g/mol.